The zero-order chi connectivity index (χ0) is 8.48. The summed E-state index contributed by atoms with van der Waals surface area (Å²) >= 11 is 0. The number of hydrogen-bond donors (Lipinski definition) is 2. The van der Waals surface area contributed by atoms with Crippen molar-refractivity contribution in [3.8, 4) is 0 Å². The fourth-order valence-electron chi connectivity index (χ4n) is 0.756. The van der Waals surface area contributed by atoms with Crippen molar-refractivity contribution in [2.75, 3.05) is 0 Å². The second kappa shape index (κ2) is 2.62. The molecule has 4 nitrogen and oxygen atoms in total. The average Bonchev–Trinajstić information content (AvgIpc) is 2.36. The summed E-state index contributed by atoms with van der Waals surface area (Å²) in [6.45, 7) is 5.81. The Kier molecular flexibility index (Phi) is 1.95. The number of nitrogens with one attached hydrogen (secondary N) is 1. The van der Waals surface area contributed by atoms with Gasteiger partial charge < -0.3 is 5.73 Å². The molecule has 1 atom stereocenters. The van der Waals surface area contributed by atoms with E-state index in [-0.39, 0.29) is 0 Å². The fraction of sp³-hybridized carbons (Fsp3) is 0.714. The molecule has 1 rings (SSSR count). The Hall–Kier alpha value is -0.900. The summed E-state index contributed by atoms with van der Waals surface area (Å²) in [5.41, 5.74) is 5.51. The first-order valence-electron chi connectivity index (χ1n) is 3.74. The molecule has 0 spiro atoms. The molecule has 62 valence electrons. The van der Waals surface area contributed by atoms with E-state index >= 15 is 0 Å². The van der Waals surface area contributed by atoms with Gasteiger partial charge in [0.25, 0.3) is 0 Å². The fourth-order valence-corrected chi connectivity index (χ4v) is 0.756. The first-order valence-corrected chi connectivity index (χ1v) is 3.74. The highest BCUT2D eigenvalue weighted by molar-refractivity contribution is 5.01. The number of aromatic nitrogens is 3. The summed E-state index contributed by atoms with van der Waals surface area (Å²) in [7, 11) is 0. The summed E-state index contributed by atoms with van der Waals surface area (Å²) in [4.78, 5) is 4.16. The molecule has 0 saturated heterocycles. The third-order valence-corrected chi connectivity index (χ3v) is 1.84. The number of H-pyrrole nitrogens is 1. The molecule has 3 N–H and O–H groups in total. The predicted octanol–water partition coefficient (Wildman–Crippen LogP) is 0.697. The van der Waals surface area contributed by atoms with Gasteiger partial charge >= 0.3 is 0 Å². The summed E-state index contributed by atoms with van der Waals surface area (Å²) in [5, 5.41) is 6.77. The van der Waals surface area contributed by atoms with Gasteiger partial charge in [-0.3, -0.25) is 5.10 Å². The lowest BCUT2D eigenvalue weighted by molar-refractivity contribution is 0.447. The smallest absolute Gasteiger partial charge is 0.170 e. The Morgan fingerprint density at radius 1 is 1.64 bits per heavy atom. The molecule has 1 aromatic heterocycles. The highest BCUT2D eigenvalue weighted by atomic mass is 15.2. The zero-order valence-electron chi connectivity index (χ0n) is 7.18. The average molecular weight is 154 g/mol. The van der Waals surface area contributed by atoms with Crippen LogP contribution in [0.3, 0.4) is 0 Å². The molecule has 0 fully saturated rings. The first-order chi connectivity index (χ1) is 5.06. The summed E-state index contributed by atoms with van der Waals surface area (Å²) in [6.07, 6.45) is 0.838. The molecule has 0 saturated carbocycles. The number of nitrogens with two attached hydrogens (primary N) is 1. The number of aryl methyl sites for hydroxylation is 1. The monoisotopic (exact) mass is 154 g/mol. The van der Waals surface area contributed by atoms with Crippen LogP contribution in [0.1, 0.15) is 31.9 Å². The van der Waals surface area contributed by atoms with Gasteiger partial charge in [-0.25, -0.2) is 4.98 Å². The Bertz CT molecular complexity index is 238. The van der Waals surface area contributed by atoms with Crippen molar-refractivity contribution in [2.24, 2.45) is 5.73 Å². The maximum atomic E-state index is 5.91. The van der Waals surface area contributed by atoms with Crippen LogP contribution in [0, 0.1) is 6.92 Å². The summed E-state index contributed by atoms with van der Waals surface area (Å²) < 4.78 is 0. The van der Waals surface area contributed by atoms with Crippen LogP contribution in [0.15, 0.2) is 0 Å². The van der Waals surface area contributed by atoms with Gasteiger partial charge in [-0.1, -0.05) is 6.92 Å². The summed E-state index contributed by atoms with van der Waals surface area (Å²) in [6, 6.07) is 0. The standard InChI is InChI=1S/C7H14N4/c1-4-7(3,8)6-9-5(2)10-11-6/h4,8H2,1-3H3,(H,9,10,11). The molecule has 0 aliphatic rings. The van der Waals surface area contributed by atoms with Crippen LogP contribution in [0.2, 0.25) is 0 Å². The molecular weight excluding hydrogens is 140 g/mol. The van der Waals surface area contributed by atoms with E-state index in [0.717, 1.165) is 12.2 Å². The van der Waals surface area contributed by atoms with Gasteiger partial charge in [-0.15, -0.1) is 0 Å². The van der Waals surface area contributed by atoms with Gasteiger partial charge in [0, 0.05) is 0 Å². The minimum atomic E-state index is -0.398. The highest BCUT2D eigenvalue weighted by Gasteiger charge is 2.22. The molecule has 0 aliphatic heterocycles. The second-order valence-electron chi connectivity index (χ2n) is 3.02. The van der Waals surface area contributed by atoms with E-state index in [1.165, 1.54) is 0 Å². The Labute approximate surface area is 66.2 Å². The number of aromatic amines is 1. The van der Waals surface area contributed by atoms with Gasteiger partial charge in [0.15, 0.2) is 5.82 Å². The van der Waals surface area contributed by atoms with Gasteiger partial charge in [-0.2, -0.15) is 5.10 Å². The molecule has 0 aromatic carbocycles. The van der Waals surface area contributed by atoms with E-state index < -0.39 is 5.54 Å². The number of hydrogen-bond acceptors (Lipinski definition) is 3. The highest BCUT2D eigenvalue weighted by Crippen LogP contribution is 2.16. The molecule has 0 amide bonds. The number of rotatable bonds is 2. The molecule has 11 heavy (non-hydrogen) atoms. The maximum Gasteiger partial charge on any atom is 0.170 e. The van der Waals surface area contributed by atoms with Crippen LogP contribution < -0.4 is 5.73 Å². The van der Waals surface area contributed by atoms with Crippen LogP contribution in [0.25, 0.3) is 0 Å². The lowest BCUT2D eigenvalue weighted by Gasteiger charge is -2.17. The van der Waals surface area contributed by atoms with E-state index in [0.29, 0.717) is 5.82 Å². The Morgan fingerprint density at radius 2 is 2.27 bits per heavy atom. The van der Waals surface area contributed by atoms with Gasteiger partial charge in [0.05, 0.1) is 5.54 Å². The quantitative estimate of drug-likeness (QED) is 0.658. The van der Waals surface area contributed by atoms with E-state index in [4.69, 9.17) is 5.73 Å². The lowest BCUT2D eigenvalue weighted by Crippen LogP contribution is -2.33. The van der Waals surface area contributed by atoms with E-state index in [1.807, 2.05) is 20.8 Å². The van der Waals surface area contributed by atoms with Gasteiger partial charge in [0.1, 0.15) is 5.82 Å². The van der Waals surface area contributed by atoms with Crippen molar-refractivity contribution < 1.29 is 0 Å². The maximum absolute atomic E-state index is 5.91. The molecule has 1 unspecified atom stereocenters. The second-order valence-corrected chi connectivity index (χ2v) is 3.02. The van der Waals surface area contributed by atoms with Crippen LogP contribution in [0.5, 0.6) is 0 Å². The van der Waals surface area contributed by atoms with Gasteiger partial charge in [0.2, 0.25) is 0 Å². The minimum Gasteiger partial charge on any atom is -0.319 e. The van der Waals surface area contributed by atoms with Gasteiger partial charge in [-0.05, 0) is 20.3 Å². The first kappa shape index (κ1) is 8.20. The van der Waals surface area contributed by atoms with Crippen molar-refractivity contribution in [1.82, 2.24) is 15.2 Å². The normalized spacial score (nSPS) is 16.4. The van der Waals surface area contributed by atoms with Crippen molar-refractivity contribution in [3.05, 3.63) is 11.6 Å². The van der Waals surface area contributed by atoms with Crippen LogP contribution >= 0.6 is 0 Å². The summed E-state index contributed by atoms with van der Waals surface area (Å²) in [5.74, 6) is 1.50. The topological polar surface area (TPSA) is 67.6 Å². The Morgan fingerprint density at radius 3 is 2.64 bits per heavy atom. The van der Waals surface area contributed by atoms with Crippen molar-refractivity contribution in [1.29, 1.82) is 0 Å². The van der Waals surface area contributed by atoms with E-state index in [9.17, 15) is 0 Å². The largest absolute Gasteiger partial charge is 0.319 e. The molecule has 0 radical (unpaired) electrons. The lowest BCUT2D eigenvalue weighted by atomic mass is 10.0. The molecule has 1 heterocycles. The van der Waals surface area contributed by atoms with E-state index in [1.54, 1.807) is 0 Å². The molecule has 1 aromatic rings. The van der Waals surface area contributed by atoms with Crippen LogP contribution in [-0.4, -0.2) is 15.2 Å². The third kappa shape index (κ3) is 1.57. The SMILES string of the molecule is CCC(C)(N)c1n[nH]c(C)n1. The van der Waals surface area contributed by atoms with Crippen LogP contribution in [0.4, 0.5) is 0 Å². The molecule has 0 bridgehead atoms. The van der Waals surface area contributed by atoms with Crippen molar-refractivity contribution in [2.45, 2.75) is 32.7 Å². The molecular formula is C7H14N4. The Balaban J connectivity index is 2.92. The third-order valence-electron chi connectivity index (χ3n) is 1.84. The van der Waals surface area contributed by atoms with E-state index in [2.05, 4.69) is 15.2 Å². The predicted molar refractivity (Wildman–Crippen MR) is 43.0 cm³/mol. The van der Waals surface area contributed by atoms with Crippen LogP contribution in [-0.2, 0) is 5.54 Å². The minimum absolute atomic E-state index is 0.398. The zero-order valence-corrected chi connectivity index (χ0v) is 7.18. The van der Waals surface area contributed by atoms with Crippen molar-refractivity contribution in [3.63, 3.8) is 0 Å². The van der Waals surface area contributed by atoms with Crippen molar-refractivity contribution >= 4 is 0 Å². The molecule has 4 heteroatoms. The number of nitrogens with zero attached hydrogens (tertiary/aromatic N) is 2. The molecule has 0 aliphatic carbocycles.